The number of aromatic nitrogens is 1. The van der Waals surface area contributed by atoms with Gasteiger partial charge in [-0.25, -0.2) is 4.39 Å². The third-order valence-corrected chi connectivity index (χ3v) is 3.91. The highest BCUT2D eigenvalue weighted by molar-refractivity contribution is 14.0. The highest BCUT2D eigenvalue weighted by Crippen LogP contribution is 2.24. The molecule has 2 N–H and O–H groups in total. The van der Waals surface area contributed by atoms with Gasteiger partial charge in [0.25, 0.3) is 0 Å². The van der Waals surface area contributed by atoms with Crippen LogP contribution in [0.5, 0.6) is 11.5 Å². The van der Waals surface area contributed by atoms with Gasteiger partial charge in [0.15, 0.2) is 17.5 Å². The van der Waals surface area contributed by atoms with Crippen molar-refractivity contribution in [3.05, 3.63) is 54.1 Å². The Bertz CT molecular complexity index is 710. The molecule has 1 atom stereocenters. The summed E-state index contributed by atoms with van der Waals surface area (Å²) in [5.41, 5.74) is 0.802. The molecule has 0 aliphatic carbocycles. The summed E-state index contributed by atoms with van der Waals surface area (Å²) in [6, 6.07) is 8.65. The van der Waals surface area contributed by atoms with Gasteiger partial charge in [-0.1, -0.05) is 19.9 Å². The predicted octanol–water partition coefficient (Wildman–Crippen LogP) is 4.34. The fourth-order valence-electron chi connectivity index (χ4n) is 2.03. The summed E-state index contributed by atoms with van der Waals surface area (Å²) in [6.07, 6.45) is 3.18. The van der Waals surface area contributed by atoms with Crippen molar-refractivity contribution in [3.8, 4) is 11.5 Å². The van der Waals surface area contributed by atoms with Gasteiger partial charge in [0.05, 0.1) is 6.20 Å². The number of guanidine groups is 1. The molecular weight excluding hydrogens is 446 g/mol. The van der Waals surface area contributed by atoms with Crippen LogP contribution >= 0.6 is 24.0 Å². The van der Waals surface area contributed by atoms with E-state index in [9.17, 15) is 4.39 Å². The van der Waals surface area contributed by atoms with Crippen molar-refractivity contribution >= 4 is 29.9 Å². The lowest BCUT2D eigenvalue weighted by molar-refractivity contribution is 0.440. The van der Waals surface area contributed by atoms with Crippen molar-refractivity contribution in [2.45, 2.75) is 33.4 Å². The summed E-state index contributed by atoms with van der Waals surface area (Å²) in [5, 5.41) is 6.50. The van der Waals surface area contributed by atoms with Crippen LogP contribution in [0.15, 0.2) is 47.7 Å². The minimum Gasteiger partial charge on any atom is -0.453 e. The first kappa shape index (κ1) is 22.1. The van der Waals surface area contributed by atoms with E-state index in [0.29, 0.717) is 24.2 Å². The molecule has 5 nitrogen and oxygen atoms in total. The van der Waals surface area contributed by atoms with Gasteiger partial charge in [-0.05, 0) is 42.7 Å². The van der Waals surface area contributed by atoms with Crippen LogP contribution in [0.4, 0.5) is 4.39 Å². The van der Waals surface area contributed by atoms with Crippen LogP contribution in [0.1, 0.15) is 26.3 Å². The second-order valence-corrected chi connectivity index (χ2v) is 6.16. The molecule has 0 radical (unpaired) electrons. The molecule has 1 aromatic heterocycles. The van der Waals surface area contributed by atoms with E-state index in [1.807, 2.05) is 6.07 Å². The van der Waals surface area contributed by atoms with Crippen molar-refractivity contribution in [1.29, 1.82) is 0 Å². The molecule has 142 valence electrons. The summed E-state index contributed by atoms with van der Waals surface area (Å²) in [7, 11) is 1.72. The maximum atomic E-state index is 14.2. The average Bonchev–Trinajstić information content (AvgIpc) is 2.61. The lowest BCUT2D eigenvalue weighted by Crippen LogP contribution is -2.43. The first-order chi connectivity index (χ1) is 12.0. The molecular formula is C19H26FIN4O. The van der Waals surface area contributed by atoms with E-state index in [4.69, 9.17) is 4.74 Å². The van der Waals surface area contributed by atoms with Crippen molar-refractivity contribution in [2.24, 2.45) is 10.9 Å². The fourth-order valence-corrected chi connectivity index (χ4v) is 2.03. The first-order valence-corrected chi connectivity index (χ1v) is 8.33. The second kappa shape index (κ2) is 10.9. The average molecular weight is 472 g/mol. The molecule has 0 bridgehead atoms. The maximum absolute atomic E-state index is 14.2. The topological polar surface area (TPSA) is 58.5 Å². The predicted molar refractivity (Wildman–Crippen MR) is 114 cm³/mol. The number of aliphatic imine (C=N–C) groups is 1. The Hall–Kier alpha value is -1.90. The molecule has 0 aliphatic heterocycles. The van der Waals surface area contributed by atoms with Gasteiger partial charge < -0.3 is 15.4 Å². The summed E-state index contributed by atoms with van der Waals surface area (Å²) in [4.78, 5) is 8.13. The van der Waals surface area contributed by atoms with Crippen molar-refractivity contribution in [1.82, 2.24) is 15.6 Å². The largest absolute Gasteiger partial charge is 0.453 e. The summed E-state index contributed by atoms with van der Waals surface area (Å²) < 4.78 is 19.7. The number of halogens is 2. The van der Waals surface area contributed by atoms with E-state index in [-0.39, 0.29) is 35.8 Å². The molecule has 1 aromatic carbocycles. The number of pyridine rings is 1. The monoisotopic (exact) mass is 472 g/mol. The molecule has 0 saturated carbocycles. The Labute approximate surface area is 171 Å². The Balaban J connectivity index is 0.00000338. The summed E-state index contributed by atoms with van der Waals surface area (Å²) in [6.45, 7) is 6.85. The van der Waals surface area contributed by atoms with Gasteiger partial charge in [-0.2, -0.15) is 0 Å². The van der Waals surface area contributed by atoms with Crippen molar-refractivity contribution in [3.63, 3.8) is 0 Å². The number of nitrogens with zero attached hydrogens (tertiary/aromatic N) is 2. The van der Waals surface area contributed by atoms with E-state index in [1.54, 1.807) is 37.6 Å². The molecule has 0 fully saturated rings. The van der Waals surface area contributed by atoms with Crippen molar-refractivity contribution in [2.75, 3.05) is 7.05 Å². The second-order valence-electron chi connectivity index (χ2n) is 6.16. The van der Waals surface area contributed by atoms with Crippen LogP contribution in [0.2, 0.25) is 0 Å². The van der Waals surface area contributed by atoms with E-state index in [1.165, 1.54) is 6.07 Å². The molecule has 0 spiro atoms. The lowest BCUT2D eigenvalue weighted by atomic mass is 10.1. The number of benzene rings is 1. The molecule has 0 saturated heterocycles. The van der Waals surface area contributed by atoms with Crippen LogP contribution in [-0.4, -0.2) is 24.0 Å². The Morgan fingerprint density at radius 1 is 1.27 bits per heavy atom. The minimum atomic E-state index is -0.415. The van der Waals surface area contributed by atoms with Crippen LogP contribution < -0.4 is 15.4 Å². The van der Waals surface area contributed by atoms with Crippen LogP contribution in [0, 0.1) is 11.7 Å². The molecule has 2 aromatic rings. The normalized spacial score (nSPS) is 12.3. The summed E-state index contributed by atoms with van der Waals surface area (Å²) in [5.74, 6) is 1.44. The zero-order valence-corrected chi connectivity index (χ0v) is 17.8. The molecule has 7 heteroatoms. The highest BCUT2D eigenvalue weighted by Gasteiger charge is 2.10. The Morgan fingerprint density at radius 2 is 2.04 bits per heavy atom. The Morgan fingerprint density at radius 3 is 2.62 bits per heavy atom. The van der Waals surface area contributed by atoms with Gasteiger partial charge in [0, 0.05) is 25.8 Å². The van der Waals surface area contributed by atoms with E-state index in [2.05, 4.69) is 41.4 Å². The molecule has 0 aliphatic rings. The quantitative estimate of drug-likeness (QED) is 0.373. The third-order valence-electron chi connectivity index (χ3n) is 3.91. The van der Waals surface area contributed by atoms with E-state index < -0.39 is 5.82 Å². The van der Waals surface area contributed by atoms with Crippen LogP contribution in [0.3, 0.4) is 0 Å². The molecule has 2 rings (SSSR count). The number of hydrogen-bond donors (Lipinski definition) is 2. The standard InChI is InChI=1S/C19H25FN4O.HI/c1-13(2)14(3)24-19(21-4)23-11-15-7-8-18(17(20)10-15)25-16-6-5-9-22-12-16;/h5-10,12-14H,11H2,1-4H3,(H2,21,23,24);1H. The van der Waals surface area contributed by atoms with Gasteiger partial charge >= 0.3 is 0 Å². The molecule has 26 heavy (non-hydrogen) atoms. The van der Waals surface area contributed by atoms with Crippen LogP contribution in [-0.2, 0) is 6.54 Å². The minimum absolute atomic E-state index is 0. The highest BCUT2D eigenvalue weighted by atomic mass is 127. The zero-order chi connectivity index (χ0) is 18.2. The fraction of sp³-hybridized carbons (Fsp3) is 0.368. The van der Waals surface area contributed by atoms with Gasteiger partial charge in [-0.15, -0.1) is 24.0 Å². The van der Waals surface area contributed by atoms with Crippen LogP contribution in [0.25, 0.3) is 0 Å². The van der Waals surface area contributed by atoms with E-state index >= 15 is 0 Å². The van der Waals surface area contributed by atoms with Gasteiger partial charge in [0.1, 0.15) is 5.75 Å². The molecule has 1 unspecified atom stereocenters. The van der Waals surface area contributed by atoms with Gasteiger partial charge in [0.2, 0.25) is 0 Å². The third kappa shape index (κ3) is 6.78. The number of hydrogen-bond acceptors (Lipinski definition) is 3. The number of rotatable bonds is 6. The first-order valence-electron chi connectivity index (χ1n) is 8.33. The lowest BCUT2D eigenvalue weighted by Gasteiger charge is -2.20. The summed E-state index contributed by atoms with van der Waals surface area (Å²) >= 11 is 0. The van der Waals surface area contributed by atoms with Crippen molar-refractivity contribution < 1.29 is 9.13 Å². The molecule has 0 amide bonds. The van der Waals surface area contributed by atoms with Gasteiger partial charge in [-0.3, -0.25) is 9.98 Å². The Kier molecular flexibility index (Phi) is 9.32. The maximum Gasteiger partial charge on any atom is 0.191 e. The SMILES string of the molecule is CN=C(NCc1ccc(Oc2cccnc2)c(F)c1)NC(C)C(C)C.I. The zero-order valence-electron chi connectivity index (χ0n) is 15.5. The molecule has 1 heterocycles. The smallest absolute Gasteiger partial charge is 0.191 e. The number of nitrogens with one attached hydrogen (secondary N) is 2. The number of ether oxygens (including phenoxy) is 1. The van der Waals surface area contributed by atoms with E-state index in [0.717, 1.165) is 5.56 Å².